The third-order valence-electron chi connectivity index (χ3n) is 3.94. The van der Waals surface area contributed by atoms with E-state index in [9.17, 15) is 4.79 Å². The first-order valence-corrected chi connectivity index (χ1v) is 8.02. The molecule has 3 nitrogen and oxygen atoms in total. The van der Waals surface area contributed by atoms with Gasteiger partial charge in [-0.2, -0.15) is 0 Å². The van der Waals surface area contributed by atoms with Gasteiger partial charge in [0, 0.05) is 28.2 Å². The van der Waals surface area contributed by atoms with Crippen molar-refractivity contribution in [2.45, 2.75) is 18.2 Å². The molecule has 1 heterocycles. The molecule has 0 fully saturated rings. The highest BCUT2D eigenvalue weighted by molar-refractivity contribution is 7.98. The Balaban J connectivity index is 2.49. The van der Waals surface area contributed by atoms with Gasteiger partial charge in [0.05, 0.1) is 11.9 Å². The first-order valence-electron chi connectivity index (χ1n) is 6.80. The molecule has 1 N–H and O–H groups in total. The smallest absolute Gasteiger partial charge is 0.307 e. The van der Waals surface area contributed by atoms with Crippen molar-refractivity contribution in [3.05, 3.63) is 41.5 Å². The van der Waals surface area contributed by atoms with Crippen molar-refractivity contribution in [3.63, 3.8) is 0 Å². The van der Waals surface area contributed by atoms with E-state index in [-0.39, 0.29) is 6.42 Å². The van der Waals surface area contributed by atoms with Crippen LogP contribution in [-0.2, 0) is 18.3 Å². The molecule has 108 valence electrons. The maximum Gasteiger partial charge on any atom is 0.307 e. The molecule has 0 atom stereocenters. The Bertz CT molecular complexity index is 864. The SMILES string of the molecule is CSc1c(CC(=O)O)cc(C)c2c3ccccc3n(C)c12. The van der Waals surface area contributed by atoms with E-state index in [1.54, 1.807) is 11.8 Å². The Hall–Kier alpha value is -1.94. The van der Waals surface area contributed by atoms with Gasteiger partial charge in [0.1, 0.15) is 0 Å². The molecule has 21 heavy (non-hydrogen) atoms. The average molecular weight is 299 g/mol. The quantitative estimate of drug-likeness (QED) is 0.744. The molecule has 2 aromatic carbocycles. The van der Waals surface area contributed by atoms with Gasteiger partial charge in [0.15, 0.2) is 0 Å². The molecular weight excluding hydrogens is 282 g/mol. The maximum absolute atomic E-state index is 11.1. The maximum atomic E-state index is 11.1. The van der Waals surface area contributed by atoms with Crippen LogP contribution in [0.4, 0.5) is 0 Å². The van der Waals surface area contributed by atoms with E-state index in [0.29, 0.717) is 0 Å². The predicted octanol–water partition coefficient (Wildman–Crippen LogP) is 3.99. The minimum Gasteiger partial charge on any atom is -0.481 e. The van der Waals surface area contributed by atoms with Crippen LogP contribution < -0.4 is 0 Å². The van der Waals surface area contributed by atoms with E-state index in [2.05, 4.69) is 23.6 Å². The number of hydrogen-bond donors (Lipinski definition) is 1. The fourth-order valence-corrected chi connectivity index (χ4v) is 3.96. The number of rotatable bonds is 3. The van der Waals surface area contributed by atoms with Crippen LogP contribution in [0.1, 0.15) is 11.1 Å². The van der Waals surface area contributed by atoms with Crippen molar-refractivity contribution in [2.24, 2.45) is 7.05 Å². The lowest BCUT2D eigenvalue weighted by atomic mass is 10.0. The normalized spacial score (nSPS) is 11.4. The molecule has 1 aromatic heterocycles. The van der Waals surface area contributed by atoms with E-state index < -0.39 is 5.97 Å². The van der Waals surface area contributed by atoms with E-state index in [1.165, 1.54) is 16.3 Å². The van der Waals surface area contributed by atoms with Gasteiger partial charge in [0.2, 0.25) is 0 Å². The van der Waals surface area contributed by atoms with Crippen LogP contribution in [-0.4, -0.2) is 21.9 Å². The molecule has 0 unspecified atom stereocenters. The minimum atomic E-state index is -0.789. The van der Waals surface area contributed by atoms with Gasteiger partial charge >= 0.3 is 5.97 Å². The van der Waals surface area contributed by atoms with Crippen molar-refractivity contribution in [2.75, 3.05) is 6.26 Å². The number of carboxylic acid groups (broad SMARTS) is 1. The van der Waals surface area contributed by atoms with Gasteiger partial charge in [-0.1, -0.05) is 24.3 Å². The van der Waals surface area contributed by atoms with Crippen LogP contribution in [0.15, 0.2) is 35.2 Å². The van der Waals surface area contributed by atoms with Crippen molar-refractivity contribution in [1.29, 1.82) is 0 Å². The molecule has 0 bridgehead atoms. The number of fused-ring (bicyclic) bond motifs is 3. The van der Waals surface area contributed by atoms with E-state index in [1.807, 2.05) is 31.5 Å². The molecule has 0 aliphatic carbocycles. The fraction of sp³-hybridized carbons (Fsp3) is 0.235. The number of aliphatic carboxylic acids is 1. The topological polar surface area (TPSA) is 42.2 Å². The molecule has 4 heteroatoms. The summed E-state index contributed by atoms with van der Waals surface area (Å²) >= 11 is 1.62. The summed E-state index contributed by atoms with van der Waals surface area (Å²) in [6.45, 7) is 2.06. The second kappa shape index (κ2) is 5.11. The summed E-state index contributed by atoms with van der Waals surface area (Å²) in [5, 5.41) is 11.6. The molecule has 3 aromatic rings. The standard InChI is InChI=1S/C17H17NO2S/c1-10-8-11(9-14(19)20)17(21-3)16-15(10)12-6-4-5-7-13(12)18(16)2/h4-8H,9H2,1-3H3,(H,19,20). The van der Waals surface area contributed by atoms with Crippen LogP contribution in [0.2, 0.25) is 0 Å². The van der Waals surface area contributed by atoms with Gasteiger partial charge in [-0.15, -0.1) is 11.8 Å². The molecule has 0 amide bonds. The lowest BCUT2D eigenvalue weighted by Gasteiger charge is -2.11. The molecule has 0 aliphatic heterocycles. The summed E-state index contributed by atoms with van der Waals surface area (Å²) in [5.74, 6) is -0.789. The third kappa shape index (κ3) is 2.10. The number of thioether (sulfide) groups is 1. The number of aromatic nitrogens is 1. The first kappa shape index (κ1) is 14.0. The summed E-state index contributed by atoms with van der Waals surface area (Å²) in [5.41, 5.74) is 4.35. The van der Waals surface area contributed by atoms with Crippen LogP contribution in [0.25, 0.3) is 21.8 Å². The summed E-state index contributed by atoms with van der Waals surface area (Å²) < 4.78 is 2.18. The van der Waals surface area contributed by atoms with Crippen molar-refractivity contribution >= 4 is 39.5 Å². The zero-order valence-corrected chi connectivity index (χ0v) is 13.1. The second-order valence-electron chi connectivity index (χ2n) is 5.26. The van der Waals surface area contributed by atoms with E-state index in [4.69, 9.17) is 5.11 Å². The van der Waals surface area contributed by atoms with Crippen molar-refractivity contribution in [3.8, 4) is 0 Å². The highest BCUT2D eigenvalue weighted by Gasteiger charge is 2.18. The number of nitrogens with zero attached hydrogens (tertiary/aromatic N) is 1. The second-order valence-corrected chi connectivity index (χ2v) is 6.07. The van der Waals surface area contributed by atoms with E-state index in [0.717, 1.165) is 21.5 Å². The Morgan fingerprint density at radius 2 is 2.05 bits per heavy atom. The zero-order valence-electron chi connectivity index (χ0n) is 12.3. The van der Waals surface area contributed by atoms with Gasteiger partial charge in [-0.25, -0.2) is 0 Å². The number of para-hydroxylation sites is 1. The summed E-state index contributed by atoms with van der Waals surface area (Å²) in [4.78, 5) is 12.2. The summed E-state index contributed by atoms with van der Waals surface area (Å²) in [7, 11) is 2.05. The number of benzene rings is 2. The minimum absolute atomic E-state index is 0.0640. The molecule has 0 saturated carbocycles. The van der Waals surface area contributed by atoms with Gasteiger partial charge in [-0.3, -0.25) is 4.79 Å². The fourth-order valence-electron chi connectivity index (χ4n) is 3.13. The third-order valence-corrected chi connectivity index (χ3v) is 4.81. The lowest BCUT2D eigenvalue weighted by Crippen LogP contribution is -2.03. The van der Waals surface area contributed by atoms with Crippen LogP contribution in [0, 0.1) is 6.92 Å². The molecule has 0 spiro atoms. The highest BCUT2D eigenvalue weighted by atomic mass is 32.2. The van der Waals surface area contributed by atoms with Crippen LogP contribution >= 0.6 is 11.8 Å². The first-order chi connectivity index (χ1) is 10.0. The molecule has 0 aliphatic rings. The Kier molecular flexibility index (Phi) is 3.41. The average Bonchev–Trinajstić information content (AvgIpc) is 2.74. The largest absolute Gasteiger partial charge is 0.481 e. The van der Waals surface area contributed by atoms with Gasteiger partial charge in [-0.05, 0) is 30.4 Å². The number of carboxylic acids is 1. The number of hydrogen-bond acceptors (Lipinski definition) is 2. The lowest BCUT2D eigenvalue weighted by molar-refractivity contribution is -0.136. The predicted molar refractivity (Wildman–Crippen MR) is 88.3 cm³/mol. The zero-order chi connectivity index (χ0) is 15.1. The summed E-state index contributed by atoms with van der Waals surface area (Å²) in [6, 6.07) is 10.3. The monoisotopic (exact) mass is 299 g/mol. The van der Waals surface area contributed by atoms with Crippen molar-refractivity contribution in [1.82, 2.24) is 4.57 Å². The van der Waals surface area contributed by atoms with Crippen molar-refractivity contribution < 1.29 is 9.90 Å². The Labute approximate surface area is 127 Å². The molecule has 3 rings (SSSR count). The van der Waals surface area contributed by atoms with E-state index >= 15 is 0 Å². The van der Waals surface area contributed by atoms with Gasteiger partial charge in [0.25, 0.3) is 0 Å². The Morgan fingerprint density at radius 1 is 1.33 bits per heavy atom. The van der Waals surface area contributed by atoms with Crippen LogP contribution in [0.3, 0.4) is 0 Å². The Morgan fingerprint density at radius 3 is 2.71 bits per heavy atom. The summed E-state index contributed by atoms with van der Waals surface area (Å²) in [6.07, 6.45) is 2.07. The molecular formula is C17H17NO2S. The molecule has 0 radical (unpaired) electrons. The van der Waals surface area contributed by atoms with Gasteiger partial charge < -0.3 is 9.67 Å². The number of aryl methyl sites for hydroxylation is 2. The number of carbonyl (C=O) groups is 1. The molecule has 0 saturated heterocycles. The van der Waals surface area contributed by atoms with Crippen LogP contribution in [0.5, 0.6) is 0 Å². The highest BCUT2D eigenvalue weighted by Crippen LogP contribution is 2.38.